The molecule has 10 heteroatoms. The van der Waals surface area contributed by atoms with Crippen molar-refractivity contribution in [1.82, 2.24) is 29.8 Å². The fourth-order valence-corrected chi connectivity index (χ4v) is 4.50. The molecule has 5 rings (SSSR count). The third kappa shape index (κ3) is 2.76. The molecule has 0 aliphatic carbocycles. The Morgan fingerprint density at radius 1 is 1.13 bits per heavy atom. The number of rotatable bonds is 4. The summed E-state index contributed by atoms with van der Waals surface area (Å²) in [6.07, 6.45) is 3.19. The van der Waals surface area contributed by atoms with E-state index in [2.05, 4.69) is 20.3 Å². The minimum Gasteiger partial charge on any atom is -0.496 e. The number of methoxy groups -OCH3 is 1. The van der Waals surface area contributed by atoms with Crippen molar-refractivity contribution in [2.45, 2.75) is 6.92 Å². The van der Waals surface area contributed by atoms with Gasteiger partial charge in [-0.3, -0.25) is 5.10 Å². The van der Waals surface area contributed by atoms with Crippen LogP contribution in [0.1, 0.15) is 5.69 Å². The van der Waals surface area contributed by atoms with Gasteiger partial charge in [0.2, 0.25) is 0 Å². The van der Waals surface area contributed by atoms with Crippen LogP contribution in [-0.2, 0) is 0 Å². The number of nitrogens with zero attached hydrogens (tertiary/aromatic N) is 5. The fourth-order valence-electron chi connectivity index (χ4n) is 3.38. The second-order valence-electron chi connectivity index (χ2n) is 6.46. The third-order valence-electron chi connectivity index (χ3n) is 4.70. The molecule has 0 saturated heterocycles. The molecule has 0 unspecified atom stereocenters. The molecule has 0 atom stereocenters. The molecule has 4 heterocycles. The zero-order valence-electron chi connectivity index (χ0n) is 15.8. The number of hydrogen-bond acceptors (Lipinski definition) is 6. The standard InChI is InChI=1S/C20H14F2N6OS/c1-10-14(12-5-3-4-8-28(12)27-10)20-25-17(18(30-20)19-23-9-24-26-19)15-13(29-2)7-6-11(21)16(15)22/h3-9H,1-2H3,(H,23,24,26). The Balaban J connectivity index is 1.83. The number of H-pyrrole nitrogens is 1. The molecule has 0 spiro atoms. The first kappa shape index (κ1) is 18.4. The summed E-state index contributed by atoms with van der Waals surface area (Å²) in [6, 6.07) is 8.10. The second-order valence-corrected chi connectivity index (χ2v) is 7.46. The molecule has 0 bridgehead atoms. The number of thiazole rings is 1. The van der Waals surface area contributed by atoms with E-state index in [0.29, 0.717) is 15.7 Å². The van der Waals surface area contributed by atoms with Crippen LogP contribution in [-0.4, -0.2) is 36.9 Å². The van der Waals surface area contributed by atoms with Crippen molar-refractivity contribution in [1.29, 1.82) is 0 Å². The minimum absolute atomic E-state index is 0.0690. The van der Waals surface area contributed by atoms with Crippen molar-refractivity contribution in [2.75, 3.05) is 7.11 Å². The number of halogens is 2. The molecule has 1 N–H and O–H groups in total. The molecule has 150 valence electrons. The number of aryl methyl sites for hydroxylation is 1. The molecule has 7 nitrogen and oxygen atoms in total. The van der Waals surface area contributed by atoms with Crippen LogP contribution in [0.15, 0.2) is 42.9 Å². The smallest absolute Gasteiger partial charge is 0.171 e. The van der Waals surface area contributed by atoms with Gasteiger partial charge in [0, 0.05) is 6.20 Å². The molecule has 0 saturated carbocycles. The molecule has 30 heavy (non-hydrogen) atoms. The number of benzene rings is 1. The van der Waals surface area contributed by atoms with E-state index < -0.39 is 11.6 Å². The first-order valence-corrected chi connectivity index (χ1v) is 9.73. The van der Waals surface area contributed by atoms with Crippen molar-refractivity contribution in [3.05, 3.63) is 60.2 Å². The van der Waals surface area contributed by atoms with E-state index in [1.54, 1.807) is 4.52 Å². The Morgan fingerprint density at radius 3 is 2.77 bits per heavy atom. The van der Waals surface area contributed by atoms with Crippen LogP contribution in [0.25, 0.3) is 38.0 Å². The van der Waals surface area contributed by atoms with E-state index >= 15 is 0 Å². The summed E-state index contributed by atoms with van der Waals surface area (Å²) in [4.78, 5) is 9.39. The average molecular weight is 424 g/mol. The van der Waals surface area contributed by atoms with Gasteiger partial charge in [0.1, 0.15) is 17.1 Å². The number of aromatic nitrogens is 6. The topological polar surface area (TPSA) is 81.0 Å². The summed E-state index contributed by atoms with van der Waals surface area (Å²) in [5.41, 5.74) is 2.57. The molecule has 0 radical (unpaired) electrons. The molecular formula is C20H14F2N6OS. The first-order chi connectivity index (χ1) is 14.6. The molecule has 1 aromatic carbocycles. The van der Waals surface area contributed by atoms with E-state index in [-0.39, 0.29) is 17.0 Å². The lowest BCUT2D eigenvalue weighted by atomic mass is 10.1. The second kappa shape index (κ2) is 6.99. The van der Waals surface area contributed by atoms with E-state index in [1.165, 1.54) is 30.8 Å². The Labute approximate surface area is 173 Å². The van der Waals surface area contributed by atoms with Gasteiger partial charge >= 0.3 is 0 Å². The maximum atomic E-state index is 14.9. The molecule has 0 fully saturated rings. The Bertz CT molecular complexity index is 1380. The van der Waals surface area contributed by atoms with Gasteiger partial charge in [0.25, 0.3) is 0 Å². The van der Waals surface area contributed by atoms with Crippen LogP contribution >= 0.6 is 11.3 Å². The SMILES string of the molecule is COc1ccc(F)c(F)c1-c1nc(-c2c(C)nn3ccccc23)sc1-c1ncn[nH]1. The lowest BCUT2D eigenvalue weighted by Crippen LogP contribution is -1.97. The highest BCUT2D eigenvalue weighted by molar-refractivity contribution is 7.19. The summed E-state index contributed by atoms with van der Waals surface area (Å²) in [5, 5.41) is 11.8. The van der Waals surface area contributed by atoms with E-state index in [9.17, 15) is 8.78 Å². The largest absolute Gasteiger partial charge is 0.496 e. The van der Waals surface area contributed by atoms with Crippen molar-refractivity contribution in [3.8, 4) is 38.3 Å². The van der Waals surface area contributed by atoms with E-state index in [0.717, 1.165) is 22.8 Å². The molecule has 0 aliphatic heterocycles. The number of aromatic amines is 1. The lowest BCUT2D eigenvalue weighted by molar-refractivity contribution is 0.409. The van der Waals surface area contributed by atoms with Gasteiger partial charge in [0.05, 0.1) is 40.0 Å². The van der Waals surface area contributed by atoms with Gasteiger partial charge < -0.3 is 4.74 Å². The fraction of sp³-hybridized carbons (Fsp3) is 0.100. The summed E-state index contributed by atoms with van der Waals surface area (Å²) >= 11 is 1.29. The molecule has 5 aromatic rings. The van der Waals surface area contributed by atoms with Gasteiger partial charge in [-0.2, -0.15) is 10.2 Å². The van der Waals surface area contributed by atoms with Gasteiger partial charge in [-0.25, -0.2) is 23.3 Å². The first-order valence-electron chi connectivity index (χ1n) is 8.91. The van der Waals surface area contributed by atoms with Crippen molar-refractivity contribution in [2.24, 2.45) is 0 Å². The number of hydrogen-bond donors (Lipinski definition) is 1. The zero-order valence-corrected chi connectivity index (χ0v) is 16.7. The van der Waals surface area contributed by atoms with Crippen LogP contribution in [0, 0.1) is 18.6 Å². The molecule has 4 aromatic heterocycles. The molecule has 0 aliphatic rings. The Morgan fingerprint density at radius 2 is 2.00 bits per heavy atom. The zero-order chi connectivity index (χ0) is 20.8. The van der Waals surface area contributed by atoms with E-state index in [4.69, 9.17) is 9.72 Å². The lowest BCUT2D eigenvalue weighted by Gasteiger charge is -2.09. The maximum Gasteiger partial charge on any atom is 0.171 e. The maximum absolute atomic E-state index is 14.9. The Hall–Kier alpha value is -3.66. The van der Waals surface area contributed by atoms with Gasteiger partial charge in [-0.15, -0.1) is 11.3 Å². The molecular weight excluding hydrogens is 410 g/mol. The monoisotopic (exact) mass is 424 g/mol. The highest BCUT2D eigenvalue weighted by Crippen LogP contribution is 2.44. The van der Waals surface area contributed by atoms with Crippen LogP contribution in [0.2, 0.25) is 0 Å². The van der Waals surface area contributed by atoms with Crippen LogP contribution in [0.5, 0.6) is 5.75 Å². The van der Waals surface area contributed by atoms with Crippen LogP contribution < -0.4 is 4.74 Å². The van der Waals surface area contributed by atoms with Crippen molar-refractivity contribution >= 4 is 16.9 Å². The number of ether oxygens (including phenoxy) is 1. The summed E-state index contributed by atoms with van der Waals surface area (Å²) in [5.74, 6) is -1.46. The summed E-state index contributed by atoms with van der Waals surface area (Å²) in [6.45, 7) is 1.88. The highest BCUT2D eigenvalue weighted by Gasteiger charge is 2.27. The average Bonchev–Trinajstić information content (AvgIpc) is 3.47. The predicted molar refractivity (Wildman–Crippen MR) is 108 cm³/mol. The predicted octanol–water partition coefficient (Wildman–Crippen LogP) is 4.51. The number of fused-ring (bicyclic) bond motifs is 1. The van der Waals surface area contributed by atoms with Crippen molar-refractivity contribution in [3.63, 3.8) is 0 Å². The third-order valence-corrected chi connectivity index (χ3v) is 5.78. The van der Waals surface area contributed by atoms with E-state index in [1.807, 2.05) is 31.3 Å². The van der Waals surface area contributed by atoms with Crippen LogP contribution in [0.3, 0.4) is 0 Å². The minimum atomic E-state index is -1.04. The highest BCUT2D eigenvalue weighted by atomic mass is 32.1. The normalized spacial score (nSPS) is 11.3. The number of pyridine rings is 1. The molecule has 0 amide bonds. The Kier molecular flexibility index (Phi) is 4.28. The van der Waals surface area contributed by atoms with Gasteiger partial charge in [-0.05, 0) is 31.2 Å². The summed E-state index contributed by atoms with van der Waals surface area (Å²) in [7, 11) is 1.40. The van der Waals surface area contributed by atoms with Gasteiger partial charge in [-0.1, -0.05) is 6.07 Å². The number of nitrogens with one attached hydrogen (secondary N) is 1. The van der Waals surface area contributed by atoms with Gasteiger partial charge in [0.15, 0.2) is 17.5 Å². The summed E-state index contributed by atoms with van der Waals surface area (Å²) < 4.78 is 36.0. The quantitative estimate of drug-likeness (QED) is 0.459. The van der Waals surface area contributed by atoms with Crippen molar-refractivity contribution < 1.29 is 13.5 Å². The van der Waals surface area contributed by atoms with Crippen LogP contribution in [0.4, 0.5) is 8.78 Å².